The molecule has 2 rings (SSSR count). The molecule has 0 radical (unpaired) electrons. The maximum absolute atomic E-state index is 12.6. The molecule has 21 heavy (non-hydrogen) atoms. The molecule has 2 aromatic rings. The number of aromatic nitrogens is 1. The minimum atomic E-state index is -0.166. The predicted molar refractivity (Wildman–Crippen MR) is 82.0 cm³/mol. The molecule has 2 aromatic heterocycles. The Morgan fingerprint density at radius 1 is 1.57 bits per heavy atom. The summed E-state index contributed by atoms with van der Waals surface area (Å²) in [6, 6.07) is 3.85. The topological polar surface area (TPSA) is 92.2 Å². The molecule has 0 unspecified atom stereocenters. The first-order valence-electron chi connectivity index (χ1n) is 6.46. The van der Waals surface area contributed by atoms with E-state index in [2.05, 4.69) is 4.98 Å². The fraction of sp³-hybridized carbons (Fsp3) is 0.357. The maximum atomic E-state index is 12.6. The van der Waals surface area contributed by atoms with Crippen molar-refractivity contribution in [3.63, 3.8) is 0 Å². The number of nitrogen functional groups attached to an aromatic ring is 1. The number of rotatable bonds is 6. The molecular weight excluding hydrogens is 288 g/mol. The number of nitrogens with zero attached hydrogens (tertiary/aromatic N) is 3. The van der Waals surface area contributed by atoms with Gasteiger partial charge in [0.2, 0.25) is 0 Å². The molecule has 7 heteroatoms. The average Bonchev–Trinajstić information content (AvgIpc) is 2.84. The molecule has 2 N–H and O–H groups in total. The molecule has 0 saturated heterocycles. The number of carbonyl (C=O) groups is 1. The number of carbonyl (C=O) groups excluding carboxylic acids is 1. The lowest BCUT2D eigenvalue weighted by molar-refractivity contribution is 0.0705. The number of nitrogens with two attached hydrogens (primary N) is 1. The first kappa shape index (κ1) is 15.2. The van der Waals surface area contributed by atoms with Crippen molar-refractivity contribution in [2.24, 2.45) is 0 Å². The van der Waals surface area contributed by atoms with Gasteiger partial charge in [-0.25, -0.2) is 0 Å². The van der Waals surface area contributed by atoms with Crippen molar-refractivity contribution in [3.05, 3.63) is 23.3 Å². The summed E-state index contributed by atoms with van der Waals surface area (Å²) in [5.74, 6) is -0.166. The first-order chi connectivity index (χ1) is 10.2. The molecular formula is C14H16N4O2S. The van der Waals surface area contributed by atoms with Crippen molar-refractivity contribution in [3.8, 4) is 6.07 Å². The third-order valence-electron chi connectivity index (χ3n) is 3.07. The quantitative estimate of drug-likeness (QED) is 0.879. The first-order valence-corrected chi connectivity index (χ1v) is 7.27. The molecule has 0 atom stereocenters. The molecule has 6 nitrogen and oxygen atoms in total. The highest BCUT2D eigenvalue weighted by Gasteiger charge is 2.21. The zero-order valence-corrected chi connectivity index (χ0v) is 12.5. The minimum Gasteiger partial charge on any atom is -0.397 e. The highest BCUT2D eigenvalue weighted by Crippen LogP contribution is 2.33. The van der Waals surface area contributed by atoms with Crippen molar-refractivity contribution < 1.29 is 9.53 Å². The van der Waals surface area contributed by atoms with E-state index in [4.69, 9.17) is 15.7 Å². The number of fused-ring (bicyclic) bond motifs is 1. The van der Waals surface area contributed by atoms with E-state index in [9.17, 15) is 4.79 Å². The highest BCUT2D eigenvalue weighted by atomic mass is 32.1. The van der Waals surface area contributed by atoms with Gasteiger partial charge in [-0.2, -0.15) is 5.26 Å². The van der Waals surface area contributed by atoms with Gasteiger partial charge in [0, 0.05) is 38.0 Å². The van der Waals surface area contributed by atoms with Crippen LogP contribution in [0, 0.1) is 11.3 Å². The summed E-state index contributed by atoms with van der Waals surface area (Å²) in [5, 5.41) is 9.55. The van der Waals surface area contributed by atoms with E-state index in [-0.39, 0.29) is 12.3 Å². The summed E-state index contributed by atoms with van der Waals surface area (Å²) in [7, 11) is 1.58. The number of hydrogen-bond donors (Lipinski definition) is 1. The van der Waals surface area contributed by atoms with E-state index in [0.717, 1.165) is 10.1 Å². The lowest BCUT2D eigenvalue weighted by Gasteiger charge is -2.20. The average molecular weight is 304 g/mol. The molecule has 0 aliphatic heterocycles. The molecule has 2 heterocycles. The summed E-state index contributed by atoms with van der Waals surface area (Å²) in [6.45, 7) is 1.22. The van der Waals surface area contributed by atoms with Crippen molar-refractivity contribution in [2.75, 3.05) is 32.5 Å². The van der Waals surface area contributed by atoms with E-state index < -0.39 is 0 Å². The van der Waals surface area contributed by atoms with Crippen molar-refractivity contribution in [1.82, 2.24) is 9.88 Å². The van der Waals surface area contributed by atoms with Gasteiger partial charge in [-0.3, -0.25) is 9.78 Å². The van der Waals surface area contributed by atoms with Crippen LogP contribution in [0.4, 0.5) is 5.69 Å². The van der Waals surface area contributed by atoms with Gasteiger partial charge in [0.05, 0.1) is 29.5 Å². The van der Waals surface area contributed by atoms with Crippen LogP contribution in [-0.4, -0.2) is 42.6 Å². The molecule has 0 aliphatic carbocycles. The van der Waals surface area contributed by atoms with Gasteiger partial charge < -0.3 is 15.4 Å². The van der Waals surface area contributed by atoms with Crippen LogP contribution in [0.5, 0.6) is 0 Å². The third kappa shape index (κ3) is 3.29. The van der Waals surface area contributed by atoms with Gasteiger partial charge in [-0.15, -0.1) is 11.3 Å². The third-order valence-corrected chi connectivity index (χ3v) is 4.22. The van der Waals surface area contributed by atoms with Crippen LogP contribution in [0.15, 0.2) is 18.5 Å². The summed E-state index contributed by atoms with van der Waals surface area (Å²) in [6.07, 6.45) is 3.63. The van der Waals surface area contributed by atoms with Crippen LogP contribution in [0.2, 0.25) is 0 Å². The van der Waals surface area contributed by atoms with Crippen molar-refractivity contribution in [1.29, 1.82) is 5.26 Å². The van der Waals surface area contributed by atoms with Crippen LogP contribution in [0.25, 0.3) is 10.1 Å². The van der Waals surface area contributed by atoms with E-state index in [0.29, 0.717) is 30.3 Å². The summed E-state index contributed by atoms with van der Waals surface area (Å²) < 4.78 is 5.89. The molecule has 0 spiro atoms. The number of methoxy groups -OCH3 is 1. The molecule has 0 saturated carbocycles. The van der Waals surface area contributed by atoms with Gasteiger partial charge in [0.25, 0.3) is 5.91 Å². The Morgan fingerprint density at radius 3 is 3.05 bits per heavy atom. The largest absolute Gasteiger partial charge is 0.397 e. The van der Waals surface area contributed by atoms with Gasteiger partial charge in [0.1, 0.15) is 4.88 Å². The Morgan fingerprint density at radius 2 is 2.38 bits per heavy atom. The Balaban J connectivity index is 2.29. The van der Waals surface area contributed by atoms with Gasteiger partial charge in [0.15, 0.2) is 0 Å². The Bertz CT molecular complexity index is 677. The second-order valence-electron chi connectivity index (χ2n) is 4.41. The smallest absolute Gasteiger partial charge is 0.266 e. The minimum absolute atomic E-state index is 0.166. The van der Waals surface area contributed by atoms with Crippen molar-refractivity contribution >= 4 is 33.0 Å². The molecule has 1 amide bonds. The maximum Gasteiger partial charge on any atom is 0.266 e. The SMILES string of the molecule is COCCN(CCC#N)C(=O)c1sc2cnccc2c1N. The van der Waals surface area contributed by atoms with Crippen LogP contribution in [0.3, 0.4) is 0 Å². The number of hydrogen-bond acceptors (Lipinski definition) is 6. The number of ether oxygens (including phenoxy) is 1. The van der Waals surface area contributed by atoms with Crippen LogP contribution >= 0.6 is 11.3 Å². The fourth-order valence-electron chi connectivity index (χ4n) is 1.97. The Hall–Kier alpha value is -2.17. The molecule has 0 aliphatic rings. The fourth-order valence-corrected chi connectivity index (χ4v) is 3.03. The van der Waals surface area contributed by atoms with E-state index in [1.165, 1.54) is 11.3 Å². The lowest BCUT2D eigenvalue weighted by atomic mass is 10.2. The monoisotopic (exact) mass is 304 g/mol. The number of nitriles is 1. The second-order valence-corrected chi connectivity index (χ2v) is 5.46. The second kappa shape index (κ2) is 7.02. The van der Waals surface area contributed by atoms with Crippen LogP contribution < -0.4 is 5.73 Å². The van der Waals surface area contributed by atoms with Crippen LogP contribution in [0.1, 0.15) is 16.1 Å². The van der Waals surface area contributed by atoms with Gasteiger partial charge in [-0.1, -0.05) is 0 Å². The normalized spacial score (nSPS) is 10.5. The van der Waals surface area contributed by atoms with E-state index in [1.807, 2.05) is 6.07 Å². The summed E-state index contributed by atoms with van der Waals surface area (Å²) in [5.41, 5.74) is 6.55. The predicted octanol–water partition coefficient (Wildman–Crippen LogP) is 1.88. The molecule has 0 fully saturated rings. The van der Waals surface area contributed by atoms with E-state index >= 15 is 0 Å². The zero-order valence-electron chi connectivity index (χ0n) is 11.7. The molecule has 0 bridgehead atoms. The van der Waals surface area contributed by atoms with Gasteiger partial charge >= 0.3 is 0 Å². The Kier molecular flexibility index (Phi) is 5.09. The number of pyridine rings is 1. The number of anilines is 1. The van der Waals surface area contributed by atoms with Gasteiger partial charge in [-0.05, 0) is 6.07 Å². The zero-order chi connectivity index (χ0) is 15.2. The molecule has 110 valence electrons. The number of amides is 1. The highest BCUT2D eigenvalue weighted by molar-refractivity contribution is 7.21. The standard InChI is InChI=1S/C14H16N4O2S/c1-20-8-7-18(6-2-4-15)14(19)13-12(16)10-3-5-17-9-11(10)21-13/h3,5,9H,2,6-8,16H2,1H3. The summed E-state index contributed by atoms with van der Waals surface area (Å²) >= 11 is 1.32. The number of thiophene rings is 1. The van der Waals surface area contributed by atoms with Crippen molar-refractivity contribution in [2.45, 2.75) is 6.42 Å². The Labute approximate surface area is 126 Å². The van der Waals surface area contributed by atoms with E-state index in [1.54, 1.807) is 30.5 Å². The lowest BCUT2D eigenvalue weighted by Crippen LogP contribution is -2.34. The summed E-state index contributed by atoms with van der Waals surface area (Å²) in [4.78, 5) is 18.7. The molecule has 0 aromatic carbocycles. The van der Waals surface area contributed by atoms with Crippen LogP contribution in [-0.2, 0) is 4.74 Å².